The van der Waals surface area contributed by atoms with Crippen LogP contribution in [0.15, 0.2) is 42.7 Å². The van der Waals surface area contributed by atoms with Crippen LogP contribution >= 0.6 is 0 Å². The highest BCUT2D eigenvalue weighted by Crippen LogP contribution is 2.32. The van der Waals surface area contributed by atoms with E-state index < -0.39 is 25.1 Å². The molecule has 9 nitrogen and oxygen atoms in total. The largest absolute Gasteiger partial charge is 0.496 e. The number of rotatable bonds is 9. The molecule has 1 N–H and O–H groups in total. The Morgan fingerprint density at radius 1 is 1.17 bits per heavy atom. The summed E-state index contributed by atoms with van der Waals surface area (Å²) >= 11 is 0. The monoisotopic (exact) mass is 569 g/mol. The molecule has 5 rings (SSSR count). The summed E-state index contributed by atoms with van der Waals surface area (Å²) in [4.78, 5) is 31.1. The first-order valence-corrected chi connectivity index (χ1v) is 14.0. The quantitative estimate of drug-likeness (QED) is 0.414. The summed E-state index contributed by atoms with van der Waals surface area (Å²) in [6.45, 7) is 3.28. The van der Waals surface area contributed by atoms with Gasteiger partial charge in [0.05, 0.1) is 37.6 Å². The Morgan fingerprint density at radius 3 is 2.71 bits per heavy atom. The summed E-state index contributed by atoms with van der Waals surface area (Å²) in [6.07, 6.45) is 6.06. The first-order chi connectivity index (χ1) is 19.6. The first-order valence-electron chi connectivity index (χ1n) is 14.0. The average Bonchev–Trinajstić information content (AvgIpc) is 3.36. The van der Waals surface area contributed by atoms with Gasteiger partial charge in [-0.05, 0) is 74.9 Å². The van der Waals surface area contributed by atoms with Crippen LogP contribution in [0.3, 0.4) is 0 Å². The molecule has 0 aliphatic carbocycles. The molecule has 1 aromatic carbocycles. The van der Waals surface area contributed by atoms with Crippen LogP contribution in [0.5, 0.6) is 5.75 Å². The van der Waals surface area contributed by atoms with Crippen molar-refractivity contribution in [2.45, 2.75) is 58.0 Å². The van der Waals surface area contributed by atoms with E-state index in [9.17, 15) is 18.4 Å². The first kappa shape index (κ1) is 28.9. The highest BCUT2D eigenvalue weighted by atomic mass is 19.3. The second kappa shape index (κ2) is 11.7. The van der Waals surface area contributed by atoms with Crippen LogP contribution in [0.1, 0.15) is 42.9 Å². The number of pyridine rings is 1. The van der Waals surface area contributed by atoms with Crippen molar-refractivity contribution in [3.05, 3.63) is 59.4 Å². The molecular formula is C30H37F2N5O4. The van der Waals surface area contributed by atoms with Gasteiger partial charge in [0.1, 0.15) is 12.4 Å². The number of anilines is 1. The predicted molar refractivity (Wildman–Crippen MR) is 150 cm³/mol. The van der Waals surface area contributed by atoms with E-state index in [2.05, 4.69) is 5.10 Å². The molecule has 220 valence electrons. The van der Waals surface area contributed by atoms with Gasteiger partial charge in [-0.2, -0.15) is 5.10 Å². The maximum atomic E-state index is 13.7. The van der Waals surface area contributed by atoms with Crippen molar-refractivity contribution in [2.75, 3.05) is 38.3 Å². The van der Waals surface area contributed by atoms with Crippen LogP contribution in [0.2, 0.25) is 0 Å². The van der Waals surface area contributed by atoms with E-state index >= 15 is 0 Å². The number of benzene rings is 1. The minimum absolute atomic E-state index is 0.0120. The third-order valence-electron chi connectivity index (χ3n) is 8.25. The van der Waals surface area contributed by atoms with Crippen molar-refractivity contribution in [1.29, 1.82) is 0 Å². The van der Waals surface area contributed by atoms with Gasteiger partial charge in [-0.15, -0.1) is 0 Å². The van der Waals surface area contributed by atoms with Gasteiger partial charge in [-0.1, -0.05) is 12.1 Å². The van der Waals surface area contributed by atoms with E-state index in [1.54, 1.807) is 27.6 Å². The molecule has 0 saturated carbocycles. The fourth-order valence-corrected chi connectivity index (χ4v) is 5.99. The number of alkyl halides is 2. The van der Waals surface area contributed by atoms with E-state index in [4.69, 9.17) is 9.84 Å². The predicted octanol–water partition coefficient (Wildman–Crippen LogP) is 4.28. The number of methoxy groups -OCH3 is 1. The van der Waals surface area contributed by atoms with Crippen molar-refractivity contribution in [1.82, 2.24) is 19.4 Å². The van der Waals surface area contributed by atoms with Gasteiger partial charge < -0.3 is 9.84 Å². The van der Waals surface area contributed by atoms with Gasteiger partial charge >= 0.3 is 6.03 Å². The van der Waals surface area contributed by atoms with Gasteiger partial charge in [0.2, 0.25) is 5.91 Å². The molecule has 0 radical (unpaired) electrons. The number of nitrogens with zero attached hydrogens (tertiary/aromatic N) is 5. The maximum absolute atomic E-state index is 13.7. The Balaban J connectivity index is 1.31. The number of carbonyl (C=O) groups is 2. The van der Waals surface area contributed by atoms with Crippen molar-refractivity contribution in [3.63, 3.8) is 0 Å². The highest BCUT2D eigenvalue weighted by Gasteiger charge is 2.36. The molecule has 41 heavy (non-hydrogen) atoms. The number of likely N-dealkylation sites (tertiary alicyclic amines) is 1. The maximum Gasteiger partial charge on any atom is 0.331 e. The molecule has 0 bridgehead atoms. The van der Waals surface area contributed by atoms with Gasteiger partial charge in [-0.3, -0.25) is 19.5 Å². The number of carbonyl (C=O) groups excluding carboxylic acids is 2. The Hall–Kier alpha value is -3.57. The SMILES string of the molecule is COc1cc(C)ccc1CN1C(=O)CCN(c2cnn3ccc(C[C@@H]4CCN(CC(F)(F)CO)[C@@H](C)C4)cc23)C1=O. The number of ether oxygens (including phenoxy) is 1. The second-order valence-electron chi connectivity index (χ2n) is 11.3. The van der Waals surface area contributed by atoms with Crippen molar-refractivity contribution in [3.8, 4) is 5.75 Å². The fourth-order valence-electron chi connectivity index (χ4n) is 5.99. The lowest BCUT2D eigenvalue weighted by molar-refractivity contribution is -0.129. The second-order valence-corrected chi connectivity index (χ2v) is 11.3. The molecule has 0 unspecified atom stereocenters. The zero-order chi connectivity index (χ0) is 29.3. The molecule has 3 aromatic rings. The van der Waals surface area contributed by atoms with Gasteiger partial charge in [0.15, 0.2) is 0 Å². The van der Waals surface area contributed by atoms with Crippen LogP contribution in [0, 0.1) is 12.8 Å². The van der Waals surface area contributed by atoms with Crippen LogP contribution in [-0.2, 0) is 17.8 Å². The lowest BCUT2D eigenvalue weighted by Crippen LogP contribution is -2.52. The number of imide groups is 1. The number of piperidine rings is 1. The summed E-state index contributed by atoms with van der Waals surface area (Å²) in [5, 5.41) is 13.4. The fraction of sp³-hybridized carbons (Fsp3) is 0.500. The number of urea groups is 1. The number of fused-ring (bicyclic) bond motifs is 1. The topological polar surface area (TPSA) is 90.6 Å². The number of amides is 3. The molecule has 2 atom stereocenters. The smallest absolute Gasteiger partial charge is 0.331 e. The molecule has 2 aromatic heterocycles. The van der Waals surface area contributed by atoms with Gasteiger partial charge in [-0.25, -0.2) is 18.1 Å². The zero-order valence-electron chi connectivity index (χ0n) is 23.7. The van der Waals surface area contributed by atoms with Crippen molar-refractivity contribution >= 4 is 23.1 Å². The Morgan fingerprint density at radius 2 is 1.98 bits per heavy atom. The Bertz CT molecular complexity index is 1430. The average molecular weight is 570 g/mol. The molecule has 11 heteroatoms. The molecule has 2 aliphatic rings. The lowest BCUT2D eigenvalue weighted by Gasteiger charge is -2.39. The van der Waals surface area contributed by atoms with E-state index in [-0.39, 0.29) is 31.5 Å². The number of hydrogen-bond acceptors (Lipinski definition) is 6. The van der Waals surface area contributed by atoms with Gasteiger partial charge in [0, 0.05) is 30.8 Å². The number of aromatic nitrogens is 2. The van der Waals surface area contributed by atoms with Gasteiger partial charge in [0.25, 0.3) is 5.92 Å². The molecular weight excluding hydrogens is 532 g/mol. The van der Waals surface area contributed by atoms with Crippen molar-refractivity contribution in [2.24, 2.45) is 5.92 Å². The molecule has 2 saturated heterocycles. The van der Waals surface area contributed by atoms with Crippen LogP contribution < -0.4 is 9.64 Å². The summed E-state index contributed by atoms with van der Waals surface area (Å²) in [5.41, 5.74) is 4.26. The molecule has 2 aliphatic heterocycles. The number of aliphatic hydroxyl groups excluding tert-OH is 1. The van der Waals surface area contributed by atoms with Crippen molar-refractivity contribution < 1.29 is 28.2 Å². The van der Waals surface area contributed by atoms with Crippen LogP contribution in [0.25, 0.3) is 5.52 Å². The minimum atomic E-state index is -3.09. The summed E-state index contributed by atoms with van der Waals surface area (Å²) in [6, 6.07) is 9.30. The molecule has 3 amide bonds. The highest BCUT2D eigenvalue weighted by molar-refractivity contribution is 6.07. The number of halogens is 2. The number of aryl methyl sites for hydroxylation is 1. The minimum Gasteiger partial charge on any atom is -0.496 e. The Labute approximate surface area is 238 Å². The summed E-state index contributed by atoms with van der Waals surface area (Å²) in [7, 11) is 1.57. The van der Waals surface area contributed by atoms with E-state index in [0.29, 0.717) is 23.9 Å². The standard InChI is InChI=1S/C30H37F2N5O4/c1-20-4-5-24(27(12-20)41-3)17-36-28(39)8-10-35(29(36)40)26-16-33-37-11-7-23(15-25(26)37)14-22-6-9-34(21(2)13-22)18-30(31,32)19-38/h4-5,7,11-12,15-16,21-22,38H,6,8-10,13-14,17-19H2,1-3H3/t21-,22+/m0/s1. The lowest BCUT2D eigenvalue weighted by atomic mass is 9.86. The van der Waals surface area contributed by atoms with Crippen LogP contribution in [-0.4, -0.2) is 81.8 Å². The molecule has 0 spiro atoms. The third-order valence-corrected chi connectivity index (χ3v) is 8.25. The third kappa shape index (κ3) is 6.20. The number of hydrogen-bond donors (Lipinski definition) is 1. The zero-order valence-corrected chi connectivity index (χ0v) is 23.7. The Kier molecular flexibility index (Phi) is 8.28. The molecule has 2 fully saturated rings. The van der Waals surface area contributed by atoms with E-state index in [0.717, 1.165) is 41.5 Å². The summed E-state index contributed by atoms with van der Waals surface area (Å²) in [5.74, 6) is -2.37. The van der Waals surface area contributed by atoms with E-state index in [1.165, 1.54) is 4.90 Å². The van der Waals surface area contributed by atoms with E-state index in [1.807, 2.05) is 50.4 Å². The normalized spacial score (nSPS) is 20.7. The number of aliphatic hydroxyl groups is 1. The summed E-state index contributed by atoms with van der Waals surface area (Å²) < 4.78 is 34.7. The van der Waals surface area contributed by atoms with Crippen LogP contribution in [0.4, 0.5) is 19.3 Å². The molecule has 4 heterocycles.